The van der Waals surface area contributed by atoms with Crippen molar-refractivity contribution in [1.29, 1.82) is 0 Å². The fourth-order valence-corrected chi connectivity index (χ4v) is 3.59. The lowest BCUT2D eigenvalue weighted by molar-refractivity contribution is -0.144. The van der Waals surface area contributed by atoms with Gasteiger partial charge in [-0.25, -0.2) is 0 Å². The molecule has 3 aromatic rings. The Hall–Kier alpha value is -2.91. The van der Waals surface area contributed by atoms with Crippen LogP contribution in [0.4, 0.5) is 0 Å². The molecule has 0 spiro atoms. The van der Waals surface area contributed by atoms with Crippen molar-refractivity contribution < 1.29 is 9.53 Å². The summed E-state index contributed by atoms with van der Waals surface area (Å²) in [5, 5.41) is 0. The fraction of sp³-hybridized carbons (Fsp3) is 0.208. The Bertz CT molecular complexity index is 888. The third-order valence-electron chi connectivity index (χ3n) is 5.05. The zero-order valence-corrected chi connectivity index (χ0v) is 15.5. The molecule has 3 heteroatoms. The number of amides is 1. The van der Waals surface area contributed by atoms with Gasteiger partial charge < -0.3 is 9.64 Å². The van der Waals surface area contributed by atoms with E-state index in [-0.39, 0.29) is 5.91 Å². The summed E-state index contributed by atoms with van der Waals surface area (Å²) in [4.78, 5) is 15.0. The normalized spacial score (nSPS) is 14.0. The zero-order valence-electron chi connectivity index (χ0n) is 15.5. The molecule has 1 heterocycles. The molecule has 136 valence electrons. The molecule has 0 N–H and O–H groups in total. The Morgan fingerprint density at radius 1 is 0.852 bits per heavy atom. The minimum absolute atomic E-state index is 0.0254. The first-order chi connectivity index (χ1) is 13.2. The van der Waals surface area contributed by atoms with Crippen molar-refractivity contribution in [3.05, 3.63) is 95.6 Å². The monoisotopic (exact) mass is 357 g/mol. The molecule has 0 aromatic heterocycles. The Morgan fingerprint density at radius 2 is 1.37 bits per heavy atom. The van der Waals surface area contributed by atoms with Crippen LogP contribution < -0.4 is 0 Å². The lowest BCUT2D eigenvalue weighted by Gasteiger charge is -2.25. The summed E-state index contributed by atoms with van der Waals surface area (Å²) < 4.78 is 5.87. The highest BCUT2D eigenvalue weighted by molar-refractivity contribution is 5.82. The summed E-state index contributed by atoms with van der Waals surface area (Å²) in [6.45, 7) is 3.48. The van der Waals surface area contributed by atoms with Gasteiger partial charge in [0.05, 0.1) is 6.61 Å². The highest BCUT2D eigenvalue weighted by Gasteiger charge is 2.26. The van der Waals surface area contributed by atoms with E-state index in [1.54, 1.807) is 0 Å². The number of carbonyl (C=O) groups excluding carboxylic acids is 1. The number of carbonyl (C=O) groups is 1. The average molecular weight is 357 g/mol. The first-order valence-electron chi connectivity index (χ1n) is 9.33. The summed E-state index contributed by atoms with van der Waals surface area (Å²) in [7, 11) is 0. The number of rotatable bonds is 4. The molecule has 27 heavy (non-hydrogen) atoms. The second-order valence-corrected chi connectivity index (χ2v) is 6.95. The van der Waals surface area contributed by atoms with E-state index in [9.17, 15) is 4.79 Å². The van der Waals surface area contributed by atoms with E-state index >= 15 is 0 Å². The van der Waals surface area contributed by atoms with Gasteiger partial charge in [0.2, 0.25) is 0 Å². The van der Waals surface area contributed by atoms with Gasteiger partial charge >= 0.3 is 0 Å². The molecule has 0 radical (unpaired) electrons. The van der Waals surface area contributed by atoms with E-state index in [0.717, 1.165) is 5.56 Å². The van der Waals surface area contributed by atoms with Crippen LogP contribution in [-0.2, 0) is 29.2 Å². The van der Waals surface area contributed by atoms with Gasteiger partial charge in [0.25, 0.3) is 5.91 Å². The average Bonchev–Trinajstić information content (AvgIpc) is 2.89. The number of hydrogen-bond acceptors (Lipinski definition) is 2. The number of benzene rings is 3. The van der Waals surface area contributed by atoms with Gasteiger partial charge in [-0.1, -0.05) is 78.9 Å². The Labute approximate surface area is 160 Å². The van der Waals surface area contributed by atoms with Crippen molar-refractivity contribution >= 4 is 5.91 Å². The summed E-state index contributed by atoms with van der Waals surface area (Å²) in [5.41, 5.74) is 5.84. The Kier molecular flexibility index (Phi) is 5.03. The molecule has 0 saturated heterocycles. The maximum atomic E-state index is 13.1. The molecule has 3 aromatic carbocycles. The number of nitrogens with zero attached hydrogens (tertiary/aromatic N) is 1. The van der Waals surface area contributed by atoms with Crippen LogP contribution >= 0.6 is 0 Å². The third-order valence-corrected chi connectivity index (χ3v) is 5.05. The van der Waals surface area contributed by atoms with Crippen LogP contribution in [0.25, 0.3) is 11.1 Å². The number of ether oxygens (including phenoxy) is 1. The summed E-state index contributed by atoms with van der Waals surface area (Å²) in [5.74, 6) is 0.0254. The van der Waals surface area contributed by atoms with Gasteiger partial charge in [-0.2, -0.15) is 0 Å². The molecular formula is C24H23NO2. The Morgan fingerprint density at radius 3 is 1.96 bits per heavy atom. The molecule has 0 saturated carbocycles. The number of fused-ring (bicyclic) bond motifs is 3. The van der Waals surface area contributed by atoms with E-state index in [0.29, 0.717) is 19.7 Å². The van der Waals surface area contributed by atoms with E-state index in [4.69, 9.17) is 4.74 Å². The van der Waals surface area contributed by atoms with E-state index in [1.165, 1.54) is 22.3 Å². The van der Waals surface area contributed by atoms with Crippen molar-refractivity contribution in [3.8, 4) is 11.1 Å². The van der Waals surface area contributed by atoms with Crippen molar-refractivity contribution in [2.45, 2.75) is 32.7 Å². The minimum atomic E-state index is -0.484. The van der Waals surface area contributed by atoms with Gasteiger partial charge in [0.1, 0.15) is 6.10 Å². The van der Waals surface area contributed by atoms with Crippen LogP contribution in [0.15, 0.2) is 78.9 Å². The number of hydrogen-bond donors (Lipinski definition) is 0. The van der Waals surface area contributed by atoms with Crippen molar-refractivity contribution in [2.75, 3.05) is 0 Å². The topological polar surface area (TPSA) is 29.5 Å². The minimum Gasteiger partial charge on any atom is -0.364 e. The van der Waals surface area contributed by atoms with Gasteiger partial charge in [0.15, 0.2) is 0 Å². The van der Waals surface area contributed by atoms with Gasteiger partial charge in [-0.05, 0) is 34.7 Å². The maximum absolute atomic E-state index is 13.1. The van der Waals surface area contributed by atoms with E-state index < -0.39 is 6.10 Å². The molecule has 1 atom stereocenters. The van der Waals surface area contributed by atoms with Crippen LogP contribution in [0, 0.1) is 0 Å². The summed E-state index contributed by atoms with van der Waals surface area (Å²) in [6, 6.07) is 26.6. The van der Waals surface area contributed by atoms with Crippen LogP contribution in [0.2, 0.25) is 0 Å². The highest BCUT2D eigenvalue weighted by Crippen LogP contribution is 2.32. The molecule has 3 nitrogen and oxygen atoms in total. The lowest BCUT2D eigenvalue weighted by Crippen LogP contribution is -2.37. The zero-order chi connectivity index (χ0) is 18.6. The van der Waals surface area contributed by atoms with Gasteiger partial charge in [0, 0.05) is 13.1 Å². The molecular weight excluding hydrogens is 334 g/mol. The molecule has 1 aliphatic rings. The molecule has 0 bridgehead atoms. The van der Waals surface area contributed by atoms with Gasteiger partial charge in [-0.15, -0.1) is 0 Å². The first kappa shape index (κ1) is 17.5. The van der Waals surface area contributed by atoms with Crippen LogP contribution in [-0.4, -0.2) is 16.9 Å². The first-order valence-corrected chi connectivity index (χ1v) is 9.33. The van der Waals surface area contributed by atoms with Crippen molar-refractivity contribution in [1.82, 2.24) is 4.90 Å². The largest absolute Gasteiger partial charge is 0.364 e. The summed E-state index contributed by atoms with van der Waals surface area (Å²) in [6.07, 6.45) is -0.484. The Balaban J connectivity index is 1.54. The standard InChI is InChI=1S/C24H23NO2/c1-18(27-17-19-9-3-2-4-10-19)24(26)25-15-20-11-5-7-13-22(20)23-14-8-6-12-21(23)16-25/h2-14,18H,15-17H2,1H3. The summed E-state index contributed by atoms with van der Waals surface area (Å²) >= 11 is 0. The predicted molar refractivity (Wildman–Crippen MR) is 107 cm³/mol. The van der Waals surface area contributed by atoms with Gasteiger partial charge in [-0.3, -0.25) is 4.79 Å². The molecule has 1 aliphatic heterocycles. The molecule has 1 amide bonds. The quantitative estimate of drug-likeness (QED) is 0.671. The third kappa shape index (κ3) is 3.79. The maximum Gasteiger partial charge on any atom is 0.252 e. The smallest absolute Gasteiger partial charge is 0.252 e. The molecule has 4 rings (SSSR count). The predicted octanol–water partition coefficient (Wildman–Crippen LogP) is 4.80. The molecule has 1 unspecified atom stereocenters. The molecule has 0 fully saturated rings. The van der Waals surface area contributed by atoms with Crippen LogP contribution in [0.1, 0.15) is 23.6 Å². The van der Waals surface area contributed by atoms with Crippen LogP contribution in [0.3, 0.4) is 0 Å². The van der Waals surface area contributed by atoms with E-state index in [2.05, 4.69) is 36.4 Å². The lowest BCUT2D eigenvalue weighted by atomic mass is 9.97. The fourth-order valence-electron chi connectivity index (χ4n) is 3.59. The highest BCUT2D eigenvalue weighted by atomic mass is 16.5. The molecule has 0 aliphatic carbocycles. The van der Waals surface area contributed by atoms with Crippen molar-refractivity contribution in [3.63, 3.8) is 0 Å². The van der Waals surface area contributed by atoms with Crippen molar-refractivity contribution in [2.24, 2.45) is 0 Å². The second-order valence-electron chi connectivity index (χ2n) is 6.95. The second kappa shape index (κ2) is 7.77. The SMILES string of the molecule is CC(OCc1ccccc1)C(=O)N1Cc2ccccc2-c2ccccc2C1. The van der Waals surface area contributed by atoms with Crippen LogP contribution in [0.5, 0.6) is 0 Å². The van der Waals surface area contributed by atoms with E-state index in [1.807, 2.05) is 54.3 Å².